The molecule has 0 amide bonds. The van der Waals surface area contributed by atoms with Crippen LogP contribution < -0.4 is 10.6 Å². The first-order valence-corrected chi connectivity index (χ1v) is 6.65. The number of aromatic nitrogens is 2. The fraction of sp³-hybridized carbons (Fsp3) is 0.273. The van der Waals surface area contributed by atoms with E-state index in [1.54, 1.807) is 39.5 Å². The zero-order chi connectivity index (χ0) is 15.7. The van der Waals surface area contributed by atoms with E-state index < -0.39 is 0 Å². The number of nitrogens with zero attached hydrogens (tertiary/aromatic N) is 6. The van der Waals surface area contributed by atoms with Gasteiger partial charge in [0.25, 0.3) is 0 Å². The van der Waals surface area contributed by atoms with Crippen molar-refractivity contribution in [3.63, 3.8) is 0 Å². The summed E-state index contributed by atoms with van der Waals surface area (Å²) in [5.41, 5.74) is 0.817. The monoisotopic (exact) mass is 385 g/mol. The van der Waals surface area contributed by atoms with Crippen LogP contribution in [0.2, 0.25) is 0 Å². The number of rotatable bonds is 4. The average Bonchev–Trinajstić information content (AvgIpc) is 2.53. The van der Waals surface area contributed by atoms with E-state index in [1.165, 1.54) is 0 Å². The van der Waals surface area contributed by atoms with Crippen molar-refractivity contribution in [3.8, 4) is 0 Å². The summed E-state index contributed by atoms with van der Waals surface area (Å²) in [6.45, 7) is 1.70. The van der Waals surface area contributed by atoms with Gasteiger partial charge in [-0.1, -0.05) is 0 Å². The van der Waals surface area contributed by atoms with Crippen molar-refractivity contribution in [3.05, 3.63) is 24.3 Å². The second-order valence-electron chi connectivity index (χ2n) is 3.52. The van der Waals surface area contributed by atoms with Crippen LogP contribution >= 0.6 is 0 Å². The average molecular weight is 386 g/mol. The zero-order valence-corrected chi connectivity index (χ0v) is 14.6. The van der Waals surface area contributed by atoms with Crippen LogP contribution in [0.3, 0.4) is 0 Å². The van der Waals surface area contributed by atoms with E-state index in [-0.39, 0.29) is 27.4 Å². The van der Waals surface area contributed by atoms with Crippen molar-refractivity contribution >= 4 is 47.0 Å². The maximum absolute atomic E-state index is 4.92. The molecule has 0 saturated carbocycles. The Bertz CT molecular complexity index is 585. The van der Waals surface area contributed by atoms with Crippen molar-refractivity contribution in [1.29, 1.82) is 0 Å². The Labute approximate surface area is 150 Å². The molecule has 2 N–H and O–H groups in total. The third-order valence-corrected chi connectivity index (χ3v) is 2.65. The SMILES string of the molecule is CNC([S-])=NN=C(C)C(=NN=C([S-])NC)c1ncccn1.[Cu+2]. The largest absolute Gasteiger partial charge is 2.00 e. The molecule has 0 aromatic carbocycles. The van der Waals surface area contributed by atoms with Gasteiger partial charge in [0.2, 0.25) is 0 Å². The molecule has 1 aromatic rings. The molecule has 0 saturated heterocycles. The van der Waals surface area contributed by atoms with Gasteiger partial charge in [0.15, 0.2) is 11.5 Å². The first-order chi connectivity index (χ1) is 10.1. The minimum atomic E-state index is 0. The van der Waals surface area contributed by atoms with Crippen molar-refractivity contribution in [1.82, 2.24) is 20.6 Å². The normalized spacial score (nSPS) is 13.4. The zero-order valence-electron chi connectivity index (χ0n) is 12.0. The van der Waals surface area contributed by atoms with E-state index in [1.807, 2.05) is 0 Å². The number of nitrogens with one attached hydrogen (secondary N) is 2. The molecule has 8 nitrogen and oxygen atoms in total. The maximum atomic E-state index is 4.92. The number of hydrogen-bond donors (Lipinski definition) is 2. The predicted molar refractivity (Wildman–Crippen MR) is 89.4 cm³/mol. The molecule has 0 aliphatic rings. The van der Waals surface area contributed by atoms with E-state index in [0.717, 1.165) is 0 Å². The molecule has 1 aromatic heterocycles. The maximum Gasteiger partial charge on any atom is 2.00 e. The van der Waals surface area contributed by atoms with Crippen molar-refractivity contribution in [2.24, 2.45) is 20.4 Å². The Morgan fingerprint density at radius 1 is 0.955 bits per heavy atom. The van der Waals surface area contributed by atoms with Crippen LogP contribution in [0.5, 0.6) is 0 Å². The Morgan fingerprint density at radius 2 is 1.45 bits per heavy atom. The van der Waals surface area contributed by atoms with Gasteiger partial charge in [0.05, 0.1) is 5.71 Å². The minimum Gasteiger partial charge on any atom is -0.741 e. The van der Waals surface area contributed by atoms with Gasteiger partial charge in [-0.05, 0) is 23.3 Å². The van der Waals surface area contributed by atoms with Crippen LogP contribution in [0.4, 0.5) is 0 Å². The van der Waals surface area contributed by atoms with Crippen LogP contribution in [0.1, 0.15) is 12.7 Å². The predicted octanol–water partition coefficient (Wildman–Crippen LogP) is -0.201. The third kappa shape index (κ3) is 6.85. The van der Waals surface area contributed by atoms with E-state index in [4.69, 9.17) is 25.3 Å². The summed E-state index contributed by atoms with van der Waals surface area (Å²) in [4.78, 5) is 8.23. The van der Waals surface area contributed by atoms with Gasteiger partial charge in [-0.15, -0.1) is 5.10 Å². The standard InChI is InChI=1S/C11H16N8S2.Cu/c1-7(16-18-10(20)12-2)8(17-19-11(21)13-3)9-14-5-4-6-15-9;/h4-6H,1-3H3,(H2,12,18,20)(H2,13,19,21);/q;+2/p-2. The fourth-order valence-electron chi connectivity index (χ4n) is 1.06. The number of hydrogen-bond acceptors (Lipinski definition) is 8. The molecule has 1 rings (SSSR count). The van der Waals surface area contributed by atoms with Crippen LogP contribution in [0.15, 0.2) is 38.9 Å². The van der Waals surface area contributed by atoms with E-state index >= 15 is 0 Å². The summed E-state index contributed by atoms with van der Waals surface area (Å²) in [6.07, 6.45) is 3.19. The molecule has 0 fully saturated rings. The second-order valence-corrected chi connectivity index (χ2v) is 4.29. The van der Waals surface area contributed by atoms with Crippen LogP contribution in [-0.2, 0) is 42.3 Å². The quantitative estimate of drug-likeness (QED) is 0.245. The summed E-state index contributed by atoms with van der Waals surface area (Å²) in [7, 11) is 3.31. The van der Waals surface area contributed by atoms with Crippen LogP contribution in [0, 0.1) is 0 Å². The fourth-order valence-corrected chi connectivity index (χ4v) is 1.15. The molecule has 0 spiro atoms. The van der Waals surface area contributed by atoms with Gasteiger partial charge in [0, 0.05) is 26.5 Å². The summed E-state index contributed by atoms with van der Waals surface area (Å²) in [5, 5.41) is 21.5. The Kier molecular flexibility index (Phi) is 10.1. The molecule has 1 heterocycles. The molecule has 0 atom stereocenters. The third-order valence-electron chi connectivity index (χ3n) is 2.08. The summed E-state index contributed by atoms with van der Waals surface area (Å²) in [6, 6.07) is 1.70. The van der Waals surface area contributed by atoms with Crippen molar-refractivity contribution in [2.45, 2.75) is 6.92 Å². The van der Waals surface area contributed by atoms with Gasteiger partial charge in [-0.2, -0.15) is 15.3 Å². The minimum absolute atomic E-state index is 0. The van der Waals surface area contributed by atoms with Gasteiger partial charge in [0.1, 0.15) is 0 Å². The number of amidine groups is 2. The molecular formula is C11H14CuN8S2. The topological polar surface area (TPSA) is 99.3 Å². The molecule has 121 valence electrons. The van der Waals surface area contributed by atoms with Crippen LogP contribution in [-0.4, -0.2) is 45.8 Å². The second kappa shape index (κ2) is 11.0. The van der Waals surface area contributed by atoms with Gasteiger partial charge in [-0.3, -0.25) is 0 Å². The molecule has 0 unspecified atom stereocenters. The first-order valence-electron chi connectivity index (χ1n) is 5.83. The summed E-state index contributed by atoms with van der Waals surface area (Å²) >= 11 is 9.81. The van der Waals surface area contributed by atoms with E-state index in [0.29, 0.717) is 17.2 Å². The molecule has 1 radical (unpaired) electrons. The van der Waals surface area contributed by atoms with E-state index in [9.17, 15) is 0 Å². The summed E-state index contributed by atoms with van der Waals surface area (Å²) in [5.74, 6) is 0.368. The smallest absolute Gasteiger partial charge is 0.741 e. The first kappa shape index (κ1) is 20.3. The van der Waals surface area contributed by atoms with Gasteiger partial charge >= 0.3 is 17.1 Å². The molecule has 11 heteroatoms. The molecule has 22 heavy (non-hydrogen) atoms. The Balaban J connectivity index is 0.00000441. The van der Waals surface area contributed by atoms with Crippen molar-refractivity contribution < 1.29 is 17.1 Å². The van der Waals surface area contributed by atoms with Gasteiger partial charge < -0.3 is 35.9 Å². The molecule has 0 aliphatic heterocycles. The molecule has 0 bridgehead atoms. The Hall–Kier alpha value is -1.68. The van der Waals surface area contributed by atoms with Crippen molar-refractivity contribution in [2.75, 3.05) is 14.1 Å². The summed E-state index contributed by atoms with van der Waals surface area (Å²) < 4.78 is 0. The molecular weight excluding hydrogens is 372 g/mol. The van der Waals surface area contributed by atoms with E-state index in [2.05, 4.69) is 41.0 Å². The molecule has 0 aliphatic carbocycles. The van der Waals surface area contributed by atoms with Crippen LogP contribution in [0.25, 0.3) is 0 Å². The van der Waals surface area contributed by atoms with Gasteiger partial charge in [-0.25, -0.2) is 9.97 Å². The Morgan fingerprint density at radius 3 is 1.95 bits per heavy atom.